The first kappa shape index (κ1) is 16.0. The fraction of sp³-hybridized carbons (Fsp3) is 0.400. The number of nitrogens with zero attached hydrogens (tertiary/aromatic N) is 2. The van der Waals surface area contributed by atoms with Gasteiger partial charge in [0.2, 0.25) is 0 Å². The largest absolute Gasteiger partial charge is 0.487 e. The number of halogens is 2. The van der Waals surface area contributed by atoms with Crippen LogP contribution in [0.15, 0.2) is 22.7 Å². The van der Waals surface area contributed by atoms with Crippen molar-refractivity contribution >= 4 is 15.9 Å². The summed E-state index contributed by atoms with van der Waals surface area (Å²) in [7, 11) is 3.66. The molecular formula is C15H19BrFN3O. The second kappa shape index (κ2) is 6.58. The molecule has 2 rings (SSSR count). The standard InChI is InChI=1S/C15H19BrFN3O/c1-9(18-3)12-6-5-11(7-13(12)17)21-8-14-15(16)10(2)19-20(14)4/h5-7,9,18H,8H2,1-4H3. The van der Waals surface area contributed by atoms with E-state index in [4.69, 9.17) is 4.74 Å². The maximum atomic E-state index is 14.0. The summed E-state index contributed by atoms with van der Waals surface area (Å²) in [6.45, 7) is 4.16. The SMILES string of the molecule is CNC(C)c1ccc(OCc2c(Br)c(C)nn2C)cc1F. The molecule has 1 aromatic carbocycles. The molecule has 2 aromatic rings. The lowest BCUT2D eigenvalue weighted by molar-refractivity contribution is 0.292. The maximum absolute atomic E-state index is 14.0. The molecule has 114 valence electrons. The minimum Gasteiger partial charge on any atom is -0.487 e. The highest BCUT2D eigenvalue weighted by molar-refractivity contribution is 9.10. The van der Waals surface area contributed by atoms with Crippen molar-refractivity contribution in [1.82, 2.24) is 15.1 Å². The minimum absolute atomic E-state index is 0.0343. The van der Waals surface area contributed by atoms with Crippen molar-refractivity contribution in [2.24, 2.45) is 7.05 Å². The van der Waals surface area contributed by atoms with Crippen LogP contribution in [0.3, 0.4) is 0 Å². The van der Waals surface area contributed by atoms with Gasteiger partial charge in [0.05, 0.1) is 15.9 Å². The zero-order valence-corrected chi connectivity index (χ0v) is 14.2. The van der Waals surface area contributed by atoms with E-state index in [2.05, 4.69) is 26.3 Å². The Morgan fingerprint density at radius 1 is 1.48 bits per heavy atom. The quantitative estimate of drug-likeness (QED) is 0.892. The van der Waals surface area contributed by atoms with Gasteiger partial charge in [0.25, 0.3) is 0 Å². The monoisotopic (exact) mass is 355 g/mol. The third-order valence-corrected chi connectivity index (χ3v) is 4.54. The van der Waals surface area contributed by atoms with Gasteiger partial charge in [0.1, 0.15) is 18.2 Å². The van der Waals surface area contributed by atoms with Crippen LogP contribution in [0.2, 0.25) is 0 Å². The molecule has 1 N–H and O–H groups in total. The Morgan fingerprint density at radius 3 is 2.71 bits per heavy atom. The fourth-order valence-corrected chi connectivity index (χ4v) is 2.54. The first-order chi connectivity index (χ1) is 9.93. The number of aromatic nitrogens is 2. The van der Waals surface area contributed by atoms with Gasteiger partial charge in [-0.3, -0.25) is 4.68 Å². The van der Waals surface area contributed by atoms with E-state index in [0.717, 1.165) is 15.9 Å². The first-order valence-corrected chi connectivity index (χ1v) is 7.50. The van der Waals surface area contributed by atoms with Crippen LogP contribution in [-0.4, -0.2) is 16.8 Å². The molecule has 1 heterocycles. The van der Waals surface area contributed by atoms with Crippen LogP contribution in [0.4, 0.5) is 4.39 Å². The summed E-state index contributed by atoms with van der Waals surface area (Å²) in [5.74, 6) is 0.236. The molecule has 1 unspecified atom stereocenters. The van der Waals surface area contributed by atoms with Crippen LogP contribution >= 0.6 is 15.9 Å². The van der Waals surface area contributed by atoms with Crippen LogP contribution in [0, 0.1) is 12.7 Å². The Balaban J connectivity index is 2.12. The lowest BCUT2D eigenvalue weighted by Gasteiger charge is -2.13. The van der Waals surface area contributed by atoms with E-state index >= 15 is 0 Å². The first-order valence-electron chi connectivity index (χ1n) is 6.71. The highest BCUT2D eigenvalue weighted by atomic mass is 79.9. The van der Waals surface area contributed by atoms with E-state index in [9.17, 15) is 4.39 Å². The molecule has 0 bridgehead atoms. The molecule has 1 aromatic heterocycles. The zero-order valence-electron chi connectivity index (χ0n) is 12.6. The summed E-state index contributed by atoms with van der Waals surface area (Å²) in [4.78, 5) is 0. The Bertz CT molecular complexity index is 642. The van der Waals surface area contributed by atoms with Crippen molar-refractivity contribution in [3.8, 4) is 5.75 Å². The number of ether oxygens (including phenoxy) is 1. The second-order valence-corrected chi connectivity index (χ2v) is 5.75. The number of nitrogens with one attached hydrogen (secondary N) is 1. The lowest BCUT2D eigenvalue weighted by atomic mass is 10.1. The van der Waals surface area contributed by atoms with Gasteiger partial charge in [-0.2, -0.15) is 5.10 Å². The number of hydrogen-bond acceptors (Lipinski definition) is 3. The number of hydrogen-bond donors (Lipinski definition) is 1. The van der Waals surface area contributed by atoms with E-state index in [1.807, 2.05) is 20.9 Å². The summed E-state index contributed by atoms with van der Waals surface area (Å²) >= 11 is 3.48. The Labute approximate surface area is 132 Å². The summed E-state index contributed by atoms with van der Waals surface area (Å²) in [5, 5.41) is 7.31. The molecule has 0 amide bonds. The topological polar surface area (TPSA) is 39.1 Å². The highest BCUT2D eigenvalue weighted by Crippen LogP contribution is 2.24. The van der Waals surface area contributed by atoms with Crippen LogP contribution in [0.25, 0.3) is 0 Å². The van der Waals surface area contributed by atoms with Crippen molar-refractivity contribution in [1.29, 1.82) is 0 Å². The van der Waals surface area contributed by atoms with E-state index in [-0.39, 0.29) is 11.9 Å². The van der Waals surface area contributed by atoms with Gasteiger partial charge in [-0.15, -0.1) is 0 Å². The molecule has 0 radical (unpaired) electrons. The third kappa shape index (κ3) is 3.44. The second-order valence-electron chi connectivity index (χ2n) is 4.95. The molecule has 6 heteroatoms. The fourth-order valence-electron chi connectivity index (χ4n) is 2.09. The Kier molecular flexibility index (Phi) is 5.00. The van der Waals surface area contributed by atoms with E-state index in [0.29, 0.717) is 17.9 Å². The molecule has 21 heavy (non-hydrogen) atoms. The van der Waals surface area contributed by atoms with Crippen molar-refractivity contribution in [3.63, 3.8) is 0 Å². The van der Waals surface area contributed by atoms with Crippen LogP contribution in [0.5, 0.6) is 5.75 Å². The molecule has 0 saturated heterocycles. The molecular weight excluding hydrogens is 337 g/mol. The maximum Gasteiger partial charge on any atom is 0.131 e. The molecule has 0 fully saturated rings. The van der Waals surface area contributed by atoms with Crippen molar-refractivity contribution in [2.75, 3.05) is 7.05 Å². The lowest BCUT2D eigenvalue weighted by Crippen LogP contribution is -2.13. The average Bonchev–Trinajstić information content (AvgIpc) is 2.69. The number of benzene rings is 1. The van der Waals surface area contributed by atoms with Crippen molar-refractivity contribution < 1.29 is 9.13 Å². The summed E-state index contributed by atoms with van der Waals surface area (Å²) < 4.78 is 22.4. The number of aryl methyl sites for hydroxylation is 2. The molecule has 0 aliphatic heterocycles. The van der Waals surface area contributed by atoms with E-state index in [1.165, 1.54) is 6.07 Å². The van der Waals surface area contributed by atoms with Gasteiger partial charge in [0.15, 0.2) is 0 Å². The molecule has 0 spiro atoms. The normalized spacial score (nSPS) is 12.5. The van der Waals surface area contributed by atoms with Gasteiger partial charge in [-0.05, 0) is 42.9 Å². The Morgan fingerprint density at radius 2 is 2.19 bits per heavy atom. The van der Waals surface area contributed by atoms with Crippen molar-refractivity contribution in [2.45, 2.75) is 26.5 Å². The Hall–Kier alpha value is -1.40. The molecule has 1 atom stereocenters. The molecule has 0 aliphatic carbocycles. The van der Waals surface area contributed by atoms with Gasteiger partial charge in [0, 0.05) is 24.7 Å². The summed E-state index contributed by atoms with van der Waals surface area (Å²) in [5.41, 5.74) is 2.45. The van der Waals surface area contributed by atoms with E-state index in [1.54, 1.807) is 23.9 Å². The van der Waals surface area contributed by atoms with Crippen LogP contribution < -0.4 is 10.1 Å². The molecule has 4 nitrogen and oxygen atoms in total. The summed E-state index contributed by atoms with van der Waals surface area (Å²) in [6.07, 6.45) is 0. The zero-order chi connectivity index (χ0) is 15.6. The minimum atomic E-state index is -0.269. The van der Waals surface area contributed by atoms with Crippen LogP contribution in [-0.2, 0) is 13.7 Å². The van der Waals surface area contributed by atoms with Gasteiger partial charge in [-0.1, -0.05) is 6.07 Å². The number of rotatable bonds is 5. The van der Waals surface area contributed by atoms with E-state index < -0.39 is 0 Å². The third-order valence-electron chi connectivity index (χ3n) is 3.51. The predicted molar refractivity (Wildman–Crippen MR) is 83.9 cm³/mol. The smallest absolute Gasteiger partial charge is 0.131 e. The van der Waals surface area contributed by atoms with Gasteiger partial charge < -0.3 is 10.1 Å². The predicted octanol–water partition coefficient (Wildman–Crippen LogP) is 3.49. The van der Waals surface area contributed by atoms with Crippen molar-refractivity contribution in [3.05, 3.63) is 45.4 Å². The van der Waals surface area contributed by atoms with Gasteiger partial charge >= 0.3 is 0 Å². The molecule has 0 saturated carbocycles. The van der Waals surface area contributed by atoms with Crippen LogP contribution in [0.1, 0.15) is 29.9 Å². The molecule has 0 aliphatic rings. The summed E-state index contributed by atoms with van der Waals surface area (Å²) in [6, 6.07) is 4.91. The highest BCUT2D eigenvalue weighted by Gasteiger charge is 2.13. The van der Waals surface area contributed by atoms with Gasteiger partial charge in [-0.25, -0.2) is 4.39 Å². The average molecular weight is 356 g/mol.